The first-order valence-corrected chi connectivity index (χ1v) is 5.64. The third kappa shape index (κ3) is 4.68. The van der Waals surface area contributed by atoms with Crippen LogP contribution in [-0.2, 0) is 0 Å². The van der Waals surface area contributed by atoms with Crippen molar-refractivity contribution in [1.29, 1.82) is 0 Å². The van der Waals surface area contributed by atoms with Gasteiger partial charge in [-0.05, 0) is 24.1 Å². The zero-order valence-electron chi connectivity index (χ0n) is 9.41. The summed E-state index contributed by atoms with van der Waals surface area (Å²) in [5.74, 6) is 0.928. The van der Waals surface area contributed by atoms with E-state index >= 15 is 0 Å². The average molecular weight is 203 g/mol. The highest BCUT2D eigenvalue weighted by Gasteiger charge is 1.93. The zero-order chi connectivity index (χ0) is 10.9. The molecule has 0 aliphatic carbocycles. The maximum absolute atomic E-state index is 5.60. The fraction of sp³-hybridized carbons (Fsp3) is 0.429. The molecule has 1 radical (unpaired) electrons. The van der Waals surface area contributed by atoms with Crippen molar-refractivity contribution >= 4 is 6.08 Å². The van der Waals surface area contributed by atoms with Gasteiger partial charge in [0.15, 0.2) is 0 Å². The van der Waals surface area contributed by atoms with Gasteiger partial charge in [0.1, 0.15) is 5.75 Å². The summed E-state index contributed by atoms with van der Waals surface area (Å²) in [6, 6.07) is 7.83. The van der Waals surface area contributed by atoms with Gasteiger partial charge in [-0.2, -0.15) is 0 Å². The van der Waals surface area contributed by atoms with Crippen LogP contribution in [0.1, 0.15) is 38.2 Å². The van der Waals surface area contributed by atoms with E-state index in [1.165, 1.54) is 19.3 Å². The SMILES string of the molecule is [CH]=Cc1ccc(OCCCCCC)cc1. The van der Waals surface area contributed by atoms with E-state index in [0.29, 0.717) is 0 Å². The number of unbranched alkanes of at least 4 members (excludes halogenated alkanes) is 3. The van der Waals surface area contributed by atoms with Gasteiger partial charge in [0.05, 0.1) is 6.61 Å². The third-order valence-electron chi connectivity index (χ3n) is 2.34. The Kier molecular flexibility index (Phi) is 5.60. The van der Waals surface area contributed by atoms with Gasteiger partial charge in [-0.1, -0.05) is 51.0 Å². The molecule has 0 saturated heterocycles. The molecule has 0 amide bonds. The maximum Gasteiger partial charge on any atom is 0.119 e. The first kappa shape index (κ1) is 11.8. The van der Waals surface area contributed by atoms with Crippen molar-refractivity contribution in [2.75, 3.05) is 6.61 Å². The Morgan fingerprint density at radius 1 is 1.13 bits per heavy atom. The molecule has 0 aromatic heterocycles. The van der Waals surface area contributed by atoms with Gasteiger partial charge in [-0.15, -0.1) is 0 Å². The molecule has 1 nitrogen and oxygen atoms in total. The summed E-state index contributed by atoms with van der Waals surface area (Å²) < 4.78 is 5.60. The summed E-state index contributed by atoms with van der Waals surface area (Å²) in [4.78, 5) is 0. The van der Waals surface area contributed by atoms with E-state index in [0.717, 1.165) is 24.3 Å². The van der Waals surface area contributed by atoms with Crippen LogP contribution in [0.15, 0.2) is 24.3 Å². The molecule has 1 heteroatoms. The molecule has 0 saturated carbocycles. The summed E-state index contributed by atoms with van der Waals surface area (Å²) in [6.07, 6.45) is 6.54. The third-order valence-corrected chi connectivity index (χ3v) is 2.34. The van der Waals surface area contributed by atoms with Gasteiger partial charge in [-0.3, -0.25) is 0 Å². The number of rotatable bonds is 7. The van der Waals surface area contributed by atoms with Gasteiger partial charge in [0, 0.05) is 0 Å². The first-order chi connectivity index (χ1) is 7.36. The van der Waals surface area contributed by atoms with Crippen molar-refractivity contribution in [1.82, 2.24) is 0 Å². The van der Waals surface area contributed by atoms with E-state index in [1.807, 2.05) is 24.3 Å². The van der Waals surface area contributed by atoms with Crippen LogP contribution in [0.2, 0.25) is 0 Å². The molecule has 81 valence electrons. The summed E-state index contributed by atoms with van der Waals surface area (Å²) in [5.41, 5.74) is 1.02. The molecule has 1 aromatic carbocycles. The van der Waals surface area contributed by atoms with Crippen molar-refractivity contribution in [2.24, 2.45) is 0 Å². The van der Waals surface area contributed by atoms with Crippen molar-refractivity contribution in [3.63, 3.8) is 0 Å². The molecule has 0 N–H and O–H groups in total. The maximum atomic E-state index is 5.60. The Morgan fingerprint density at radius 3 is 2.47 bits per heavy atom. The second-order valence-electron chi connectivity index (χ2n) is 3.64. The predicted octanol–water partition coefficient (Wildman–Crippen LogP) is 4.09. The van der Waals surface area contributed by atoms with Crippen molar-refractivity contribution in [2.45, 2.75) is 32.6 Å². The molecular formula is C14H19O. The van der Waals surface area contributed by atoms with E-state index in [9.17, 15) is 0 Å². The highest BCUT2D eigenvalue weighted by atomic mass is 16.5. The molecule has 0 heterocycles. The minimum Gasteiger partial charge on any atom is -0.494 e. The molecule has 0 fully saturated rings. The summed E-state index contributed by atoms with van der Waals surface area (Å²) >= 11 is 0. The zero-order valence-corrected chi connectivity index (χ0v) is 9.41. The molecular weight excluding hydrogens is 184 g/mol. The fourth-order valence-electron chi connectivity index (χ4n) is 1.39. The summed E-state index contributed by atoms with van der Waals surface area (Å²) in [6.45, 7) is 8.41. The first-order valence-electron chi connectivity index (χ1n) is 5.64. The van der Waals surface area contributed by atoms with E-state index in [1.54, 1.807) is 6.08 Å². The standard InChI is InChI=1S/C14H19O/c1-3-5-6-7-12-15-14-10-8-13(4-2)9-11-14/h2,4,8-11H,3,5-7,12H2,1H3. The monoisotopic (exact) mass is 203 g/mol. The molecule has 1 aromatic rings. The van der Waals surface area contributed by atoms with Crippen LogP contribution >= 0.6 is 0 Å². The number of hydrogen-bond donors (Lipinski definition) is 0. The lowest BCUT2D eigenvalue weighted by atomic mass is 10.2. The number of benzene rings is 1. The van der Waals surface area contributed by atoms with Crippen molar-refractivity contribution in [3.8, 4) is 5.75 Å². The minimum atomic E-state index is 0.811. The highest BCUT2D eigenvalue weighted by Crippen LogP contribution is 2.13. The topological polar surface area (TPSA) is 9.23 Å². The molecule has 0 atom stereocenters. The summed E-state index contributed by atoms with van der Waals surface area (Å²) in [7, 11) is 0. The molecule has 0 bridgehead atoms. The fourth-order valence-corrected chi connectivity index (χ4v) is 1.39. The Balaban J connectivity index is 2.22. The molecule has 0 spiro atoms. The normalized spacial score (nSPS) is 9.93. The van der Waals surface area contributed by atoms with E-state index < -0.39 is 0 Å². The molecule has 1 rings (SSSR count). The lowest BCUT2D eigenvalue weighted by molar-refractivity contribution is 0.305. The van der Waals surface area contributed by atoms with Gasteiger partial charge in [-0.25, -0.2) is 0 Å². The van der Waals surface area contributed by atoms with Crippen LogP contribution in [0.5, 0.6) is 5.75 Å². The molecule has 0 unspecified atom stereocenters. The van der Waals surface area contributed by atoms with Crippen LogP contribution < -0.4 is 4.74 Å². The number of hydrogen-bond acceptors (Lipinski definition) is 1. The minimum absolute atomic E-state index is 0.811. The Morgan fingerprint density at radius 2 is 1.87 bits per heavy atom. The van der Waals surface area contributed by atoms with Crippen molar-refractivity contribution in [3.05, 3.63) is 36.4 Å². The van der Waals surface area contributed by atoms with E-state index in [-0.39, 0.29) is 0 Å². The second kappa shape index (κ2) is 7.10. The van der Waals surface area contributed by atoms with Gasteiger partial charge < -0.3 is 4.74 Å². The highest BCUT2D eigenvalue weighted by molar-refractivity contribution is 5.47. The van der Waals surface area contributed by atoms with E-state index in [4.69, 9.17) is 11.3 Å². The second-order valence-corrected chi connectivity index (χ2v) is 3.64. The van der Waals surface area contributed by atoms with Crippen LogP contribution in [0.3, 0.4) is 0 Å². The smallest absolute Gasteiger partial charge is 0.119 e. The average Bonchev–Trinajstić information content (AvgIpc) is 2.30. The molecule has 0 aliphatic heterocycles. The Hall–Kier alpha value is -1.24. The van der Waals surface area contributed by atoms with E-state index in [2.05, 4.69) is 6.92 Å². The van der Waals surface area contributed by atoms with Crippen LogP contribution in [-0.4, -0.2) is 6.61 Å². The number of ether oxygens (including phenoxy) is 1. The Labute approximate surface area is 92.8 Å². The molecule has 15 heavy (non-hydrogen) atoms. The predicted molar refractivity (Wildman–Crippen MR) is 64.8 cm³/mol. The van der Waals surface area contributed by atoms with Crippen LogP contribution in [0.4, 0.5) is 0 Å². The lowest BCUT2D eigenvalue weighted by Crippen LogP contribution is -1.96. The summed E-state index contributed by atoms with van der Waals surface area (Å²) in [5, 5.41) is 0. The van der Waals surface area contributed by atoms with Gasteiger partial charge in [0.2, 0.25) is 0 Å². The molecule has 0 aliphatic rings. The van der Waals surface area contributed by atoms with Gasteiger partial charge >= 0.3 is 0 Å². The van der Waals surface area contributed by atoms with Crippen LogP contribution in [0, 0.1) is 6.58 Å². The Bertz CT molecular complexity index is 274. The van der Waals surface area contributed by atoms with Gasteiger partial charge in [0.25, 0.3) is 0 Å². The lowest BCUT2D eigenvalue weighted by Gasteiger charge is -2.05. The quantitative estimate of drug-likeness (QED) is 0.606. The largest absolute Gasteiger partial charge is 0.494 e. The van der Waals surface area contributed by atoms with Crippen LogP contribution in [0.25, 0.3) is 6.08 Å². The van der Waals surface area contributed by atoms with Crippen molar-refractivity contribution < 1.29 is 4.74 Å².